The Labute approximate surface area is 73.6 Å². The average Bonchev–Trinajstić information content (AvgIpc) is 2.46. The fourth-order valence-electron chi connectivity index (χ4n) is 1.95. The number of aromatic nitrogens is 2. The van der Waals surface area contributed by atoms with Crippen LogP contribution in [0, 0.1) is 5.92 Å². The zero-order valence-corrected chi connectivity index (χ0v) is 7.88. The maximum absolute atomic E-state index is 4.38. The van der Waals surface area contributed by atoms with Crippen LogP contribution in [-0.4, -0.2) is 9.78 Å². The normalized spacial score (nSPS) is 22.3. The smallest absolute Gasteiger partial charge is 0.0524 e. The Kier molecular flexibility index (Phi) is 1.91. The second-order valence-electron chi connectivity index (χ2n) is 3.79. The Hall–Kier alpha value is -0.790. The molecule has 0 fully saturated rings. The van der Waals surface area contributed by atoms with Crippen molar-refractivity contribution in [3.63, 3.8) is 0 Å². The summed E-state index contributed by atoms with van der Waals surface area (Å²) in [7, 11) is 0. The fourth-order valence-corrected chi connectivity index (χ4v) is 1.95. The summed E-state index contributed by atoms with van der Waals surface area (Å²) in [6.07, 6.45) is 5.68. The van der Waals surface area contributed by atoms with E-state index in [2.05, 4.69) is 23.6 Å². The van der Waals surface area contributed by atoms with Gasteiger partial charge in [-0.05, 0) is 30.7 Å². The number of rotatable bonds is 1. The van der Waals surface area contributed by atoms with Gasteiger partial charge in [-0.1, -0.05) is 13.8 Å². The molecule has 1 aliphatic rings. The van der Waals surface area contributed by atoms with E-state index in [1.54, 1.807) is 0 Å². The average molecular weight is 164 g/mol. The van der Waals surface area contributed by atoms with Gasteiger partial charge in [0.2, 0.25) is 0 Å². The standard InChI is InChI=1S/C10H16N2/c1-3-9-7-11-12-5-4-8(2)6-10(9)12/h7-8H,3-6H2,1-2H3/t8-/m1/s1. The molecular weight excluding hydrogens is 148 g/mol. The highest BCUT2D eigenvalue weighted by atomic mass is 15.3. The Morgan fingerprint density at radius 3 is 3.25 bits per heavy atom. The minimum absolute atomic E-state index is 0.847. The molecule has 1 atom stereocenters. The maximum atomic E-state index is 4.38. The molecule has 0 unspecified atom stereocenters. The summed E-state index contributed by atoms with van der Waals surface area (Å²) >= 11 is 0. The van der Waals surface area contributed by atoms with E-state index in [9.17, 15) is 0 Å². The molecule has 0 spiro atoms. The van der Waals surface area contributed by atoms with Crippen molar-refractivity contribution in [2.75, 3.05) is 0 Å². The molecule has 2 heterocycles. The Balaban J connectivity index is 2.34. The molecule has 0 saturated heterocycles. The largest absolute Gasteiger partial charge is 0.269 e. The van der Waals surface area contributed by atoms with E-state index in [4.69, 9.17) is 0 Å². The first-order chi connectivity index (χ1) is 5.81. The summed E-state index contributed by atoms with van der Waals surface area (Å²) < 4.78 is 2.18. The summed E-state index contributed by atoms with van der Waals surface area (Å²) in [6, 6.07) is 0. The number of hydrogen-bond acceptors (Lipinski definition) is 1. The van der Waals surface area contributed by atoms with Crippen molar-refractivity contribution in [2.24, 2.45) is 5.92 Å². The lowest BCUT2D eigenvalue weighted by molar-refractivity contribution is 0.390. The van der Waals surface area contributed by atoms with Crippen LogP contribution in [0.4, 0.5) is 0 Å². The first-order valence-corrected chi connectivity index (χ1v) is 4.84. The van der Waals surface area contributed by atoms with Crippen LogP contribution in [0.5, 0.6) is 0 Å². The van der Waals surface area contributed by atoms with E-state index >= 15 is 0 Å². The maximum Gasteiger partial charge on any atom is 0.0524 e. The third kappa shape index (κ3) is 1.15. The van der Waals surface area contributed by atoms with Gasteiger partial charge in [0, 0.05) is 12.2 Å². The molecule has 12 heavy (non-hydrogen) atoms. The van der Waals surface area contributed by atoms with Crippen molar-refractivity contribution < 1.29 is 0 Å². The van der Waals surface area contributed by atoms with E-state index in [0.717, 1.165) is 18.9 Å². The van der Waals surface area contributed by atoms with Crippen LogP contribution in [0.3, 0.4) is 0 Å². The SMILES string of the molecule is CCc1cnn2c1C[C@H](C)CC2. The number of aryl methyl sites for hydroxylation is 2. The number of fused-ring (bicyclic) bond motifs is 1. The fraction of sp³-hybridized carbons (Fsp3) is 0.700. The highest BCUT2D eigenvalue weighted by Gasteiger charge is 2.17. The van der Waals surface area contributed by atoms with Gasteiger partial charge in [0.05, 0.1) is 6.20 Å². The molecule has 0 amide bonds. The predicted octanol–water partition coefficient (Wildman–Crippen LogP) is 2.03. The van der Waals surface area contributed by atoms with Gasteiger partial charge in [-0.25, -0.2) is 0 Å². The molecule has 2 heteroatoms. The lowest BCUT2D eigenvalue weighted by Crippen LogP contribution is -2.18. The molecule has 0 N–H and O–H groups in total. The zero-order chi connectivity index (χ0) is 8.55. The van der Waals surface area contributed by atoms with Crippen LogP contribution < -0.4 is 0 Å². The van der Waals surface area contributed by atoms with Crippen molar-refractivity contribution in [3.8, 4) is 0 Å². The summed E-state index contributed by atoms with van der Waals surface area (Å²) in [5.41, 5.74) is 2.93. The van der Waals surface area contributed by atoms with Crippen LogP contribution in [0.1, 0.15) is 31.5 Å². The third-order valence-corrected chi connectivity index (χ3v) is 2.79. The van der Waals surface area contributed by atoms with E-state index in [1.165, 1.54) is 24.1 Å². The van der Waals surface area contributed by atoms with Crippen LogP contribution in [-0.2, 0) is 19.4 Å². The van der Waals surface area contributed by atoms with Gasteiger partial charge < -0.3 is 0 Å². The summed E-state index contributed by atoms with van der Waals surface area (Å²) in [4.78, 5) is 0. The molecule has 0 aliphatic carbocycles. The van der Waals surface area contributed by atoms with E-state index in [0.29, 0.717) is 0 Å². The lowest BCUT2D eigenvalue weighted by atomic mass is 9.96. The van der Waals surface area contributed by atoms with Crippen LogP contribution in [0.15, 0.2) is 6.20 Å². The molecule has 1 aromatic rings. The van der Waals surface area contributed by atoms with Gasteiger partial charge in [0.25, 0.3) is 0 Å². The Morgan fingerprint density at radius 2 is 2.50 bits per heavy atom. The van der Waals surface area contributed by atoms with E-state index < -0.39 is 0 Å². The second kappa shape index (κ2) is 2.92. The molecule has 0 saturated carbocycles. The third-order valence-electron chi connectivity index (χ3n) is 2.79. The minimum atomic E-state index is 0.847. The van der Waals surface area contributed by atoms with Crippen molar-refractivity contribution in [3.05, 3.63) is 17.5 Å². The van der Waals surface area contributed by atoms with Gasteiger partial charge in [-0.2, -0.15) is 5.10 Å². The molecule has 0 radical (unpaired) electrons. The summed E-state index contributed by atoms with van der Waals surface area (Å²) in [5.74, 6) is 0.847. The summed E-state index contributed by atoms with van der Waals surface area (Å²) in [5, 5.41) is 4.38. The molecular formula is C10H16N2. The highest BCUT2D eigenvalue weighted by Crippen LogP contribution is 2.22. The number of nitrogens with zero attached hydrogens (tertiary/aromatic N) is 2. The molecule has 1 aromatic heterocycles. The number of hydrogen-bond donors (Lipinski definition) is 0. The van der Waals surface area contributed by atoms with Crippen LogP contribution in [0.2, 0.25) is 0 Å². The Bertz CT molecular complexity index is 262. The van der Waals surface area contributed by atoms with Gasteiger partial charge in [0.15, 0.2) is 0 Å². The van der Waals surface area contributed by atoms with E-state index in [-0.39, 0.29) is 0 Å². The first-order valence-electron chi connectivity index (χ1n) is 4.84. The van der Waals surface area contributed by atoms with E-state index in [1.807, 2.05) is 6.20 Å². The molecule has 66 valence electrons. The van der Waals surface area contributed by atoms with Crippen molar-refractivity contribution in [1.29, 1.82) is 0 Å². The molecule has 2 rings (SSSR count). The minimum Gasteiger partial charge on any atom is -0.269 e. The lowest BCUT2D eigenvalue weighted by Gasteiger charge is -2.20. The molecule has 0 bridgehead atoms. The zero-order valence-electron chi connectivity index (χ0n) is 7.88. The topological polar surface area (TPSA) is 17.8 Å². The van der Waals surface area contributed by atoms with Gasteiger partial charge >= 0.3 is 0 Å². The highest BCUT2D eigenvalue weighted by molar-refractivity contribution is 5.19. The van der Waals surface area contributed by atoms with Crippen molar-refractivity contribution in [2.45, 2.75) is 39.7 Å². The quantitative estimate of drug-likeness (QED) is 0.621. The van der Waals surface area contributed by atoms with Crippen molar-refractivity contribution >= 4 is 0 Å². The first kappa shape index (κ1) is 7.84. The molecule has 2 nitrogen and oxygen atoms in total. The monoisotopic (exact) mass is 164 g/mol. The van der Waals surface area contributed by atoms with Gasteiger partial charge in [0.1, 0.15) is 0 Å². The Morgan fingerprint density at radius 1 is 1.67 bits per heavy atom. The van der Waals surface area contributed by atoms with Crippen molar-refractivity contribution in [1.82, 2.24) is 9.78 Å². The predicted molar refractivity (Wildman–Crippen MR) is 49.1 cm³/mol. The molecule has 1 aliphatic heterocycles. The molecule has 0 aromatic carbocycles. The van der Waals surface area contributed by atoms with Gasteiger partial charge in [-0.3, -0.25) is 4.68 Å². The van der Waals surface area contributed by atoms with Gasteiger partial charge in [-0.15, -0.1) is 0 Å². The summed E-state index contributed by atoms with van der Waals surface area (Å²) in [6.45, 7) is 5.66. The van der Waals surface area contributed by atoms with Crippen LogP contribution in [0.25, 0.3) is 0 Å². The van der Waals surface area contributed by atoms with Crippen LogP contribution >= 0.6 is 0 Å². The second-order valence-corrected chi connectivity index (χ2v) is 3.79.